The lowest BCUT2D eigenvalue weighted by Crippen LogP contribution is -2.43. The van der Waals surface area contributed by atoms with Gasteiger partial charge >= 0.3 is 0 Å². The number of aromatic amines is 1. The van der Waals surface area contributed by atoms with Crippen molar-refractivity contribution < 1.29 is 19.1 Å². The molecule has 0 radical (unpaired) electrons. The van der Waals surface area contributed by atoms with Crippen molar-refractivity contribution in [3.63, 3.8) is 0 Å². The summed E-state index contributed by atoms with van der Waals surface area (Å²) in [5.74, 6) is 1.49. The SMILES string of the molecule is COc1cc(OC)c(N2C[C@H](C(=O)N3CCC[C@@H](c4nc5ccccc5[nH]4)C3)CC2=O)cc1Cl. The van der Waals surface area contributed by atoms with Crippen LogP contribution in [0.5, 0.6) is 11.5 Å². The van der Waals surface area contributed by atoms with E-state index in [-0.39, 0.29) is 24.2 Å². The number of carbonyl (C=O) groups is 2. The van der Waals surface area contributed by atoms with E-state index in [1.54, 1.807) is 17.0 Å². The van der Waals surface area contributed by atoms with E-state index in [2.05, 4.69) is 4.98 Å². The van der Waals surface area contributed by atoms with Gasteiger partial charge in [-0.3, -0.25) is 9.59 Å². The Bertz CT molecular complexity index is 1210. The lowest BCUT2D eigenvalue weighted by Gasteiger charge is -2.33. The Labute approximate surface area is 202 Å². The van der Waals surface area contributed by atoms with Gasteiger partial charge in [0.25, 0.3) is 0 Å². The summed E-state index contributed by atoms with van der Waals surface area (Å²) in [6.07, 6.45) is 2.04. The number of nitrogens with zero attached hydrogens (tertiary/aromatic N) is 3. The number of benzene rings is 2. The molecule has 178 valence electrons. The van der Waals surface area contributed by atoms with Crippen LogP contribution in [0.4, 0.5) is 5.69 Å². The number of nitrogens with one attached hydrogen (secondary N) is 1. The van der Waals surface area contributed by atoms with E-state index < -0.39 is 5.92 Å². The van der Waals surface area contributed by atoms with Gasteiger partial charge in [0.1, 0.15) is 17.3 Å². The predicted molar refractivity (Wildman–Crippen MR) is 130 cm³/mol. The third kappa shape index (κ3) is 4.07. The molecule has 2 aromatic carbocycles. The van der Waals surface area contributed by atoms with Crippen LogP contribution in [-0.2, 0) is 9.59 Å². The molecular formula is C25H27ClN4O4. The van der Waals surface area contributed by atoms with Crippen LogP contribution in [0.2, 0.25) is 5.02 Å². The van der Waals surface area contributed by atoms with Crippen LogP contribution in [0.25, 0.3) is 11.0 Å². The van der Waals surface area contributed by atoms with Crippen LogP contribution in [0, 0.1) is 5.92 Å². The second kappa shape index (κ2) is 9.18. The van der Waals surface area contributed by atoms with Gasteiger partial charge in [-0.25, -0.2) is 4.98 Å². The number of para-hydroxylation sites is 2. The summed E-state index contributed by atoms with van der Waals surface area (Å²) in [5.41, 5.74) is 2.49. The molecule has 2 atom stereocenters. The van der Waals surface area contributed by atoms with Gasteiger partial charge in [-0.1, -0.05) is 23.7 Å². The van der Waals surface area contributed by atoms with E-state index >= 15 is 0 Å². The van der Waals surface area contributed by atoms with Crippen molar-refractivity contribution in [3.05, 3.63) is 47.2 Å². The van der Waals surface area contributed by atoms with Crippen LogP contribution in [0.15, 0.2) is 36.4 Å². The highest BCUT2D eigenvalue weighted by atomic mass is 35.5. The summed E-state index contributed by atoms with van der Waals surface area (Å²) in [5, 5.41) is 0.380. The molecule has 0 unspecified atom stereocenters. The number of rotatable bonds is 5. The van der Waals surface area contributed by atoms with Crippen LogP contribution in [-0.4, -0.2) is 60.5 Å². The zero-order chi connectivity index (χ0) is 23.8. The second-order valence-corrected chi connectivity index (χ2v) is 9.23. The molecule has 2 saturated heterocycles. The Hall–Kier alpha value is -3.26. The lowest BCUT2D eigenvalue weighted by atomic mass is 9.95. The zero-order valence-corrected chi connectivity index (χ0v) is 20.0. The number of aromatic nitrogens is 2. The van der Waals surface area contributed by atoms with Crippen molar-refractivity contribution in [1.29, 1.82) is 0 Å². The van der Waals surface area contributed by atoms with E-state index in [0.29, 0.717) is 41.8 Å². The number of halogens is 1. The minimum atomic E-state index is -0.410. The Morgan fingerprint density at radius 2 is 1.94 bits per heavy atom. The minimum Gasteiger partial charge on any atom is -0.495 e. The van der Waals surface area contributed by atoms with Crippen LogP contribution in [0.1, 0.15) is 31.0 Å². The highest BCUT2D eigenvalue weighted by Gasteiger charge is 2.40. The molecule has 0 aliphatic carbocycles. The van der Waals surface area contributed by atoms with Crippen LogP contribution in [0.3, 0.4) is 0 Å². The fourth-order valence-corrected chi connectivity index (χ4v) is 5.22. The number of amides is 2. The number of hydrogen-bond acceptors (Lipinski definition) is 5. The van der Waals surface area contributed by atoms with E-state index in [1.807, 2.05) is 29.2 Å². The number of fused-ring (bicyclic) bond motifs is 1. The largest absolute Gasteiger partial charge is 0.495 e. The average molecular weight is 483 g/mol. The molecule has 8 nitrogen and oxygen atoms in total. The molecule has 2 amide bonds. The molecule has 0 spiro atoms. The third-order valence-corrected chi connectivity index (χ3v) is 7.04. The van der Waals surface area contributed by atoms with Gasteiger partial charge < -0.3 is 24.3 Å². The summed E-state index contributed by atoms with van der Waals surface area (Å²) in [6, 6.07) is 11.3. The Morgan fingerprint density at radius 3 is 2.71 bits per heavy atom. The first-order valence-electron chi connectivity index (χ1n) is 11.4. The van der Waals surface area contributed by atoms with Gasteiger partial charge in [-0.2, -0.15) is 0 Å². The summed E-state index contributed by atoms with van der Waals surface area (Å²) < 4.78 is 10.7. The van der Waals surface area contributed by atoms with Gasteiger partial charge in [-0.05, 0) is 31.0 Å². The fourth-order valence-electron chi connectivity index (χ4n) is 4.99. The summed E-state index contributed by atoms with van der Waals surface area (Å²) >= 11 is 6.31. The maximum absolute atomic E-state index is 13.4. The van der Waals surface area contributed by atoms with Gasteiger partial charge in [0, 0.05) is 38.0 Å². The quantitative estimate of drug-likeness (QED) is 0.594. The van der Waals surface area contributed by atoms with Crippen molar-refractivity contribution in [2.45, 2.75) is 25.2 Å². The number of H-pyrrole nitrogens is 1. The Balaban J connectivity index is 1.31. The first kappa shape index (κ1) is 22.5. The molecule has 9 heteroatoms. The number of hydrogen-bond donors (Lipinski definition) is 1. The van der Waals surface area contributed by atoms with Crippen LogP contribution < -0.4 is 14.4 Å². The average Bonchev–Trinajstić information content (AvgIpc) is 3.47. The topological polar surface area (TPSA) is 87.8 Å². The van der Waals surface area contributed by atoms with E-state index in [4.69, 9.17) is 26.1 Å². The molecule has 0 saturated carbocycles. The number of carbonyl (C=O) groups excluding carboxylic acids is 2. The maximum Gasteiger partial charge on any atom is 0.228 e. The van der Waals surface area contributed by atoms with Crippen molar-refractivity contribution in [3.8, 4) is 11.5 Å². The van der Waals surface area contributed by atoms with Gasteiger partial charge in [0.2, 0.25) is 11.8 Å². The molecule has 1 N–H and O–H groups in total. The lowest BCUT2D eigenvalue weighted by molar-refractivity contribution is -0.137. The van der Waals surface area contributed by atoms with E-state index in [0.717, 1.165) is 29.7 Å². The van der Waals surface area contributed by atoms with Gasteiger partial charge in [-0.15, -0.1) is 0 Å². The standard InChI is InChI=1S/C25H27ClN4O4/c1-33-21-12-22(34-2)20(11-17(21)26)30-14-16(10-23(30)31)25(32)29-9-5-6-15(13-29)24-27-18-7-3-4-8-19(18)28-24/h3-4,7-8,11-12,15-16H,5-6,9-10,13-14H2,1-2H3,(H,27,28)/t15-,16-/m1/s1. The molecule has 34 heavy (non-hydrogen) atoms. The second-order valence-electron chi connectivity index (χ2n) is 8.83. The fraction of sp³-hybridized carbons (Fsp3) is 0.400. The molecule has 2 aliphatic rings. The van der Waals surface area contributed by atoms with Crippen molar-refractivity contribution in [1.82, 2.24) is 14.9 Å². The first-order chi connectivity index (χ1) is 16.5. The molecule has 0 bridgehead atoms. The van der Waals surface area contributed by atoms with Crippen molar-refractivity contribution >= 4 is 40.1 Å². The monoisotopic (exact) mass is 482 g/mol. The normalized spacial score (nSPS) is 20.7. The summed E-state index contributed by atoms with van der Waals surface area (Å²) in [6.45, 7) is 1.58. The molecule has 2 fully saturated rings. The maximum atomic E-state index is 13.4. The molecule has 2 aliphatic heterocycles. The molecule has 5 rings (SSSR count). The molecular weight excluding hydrogens is 456 g/mol. The number of piperidine rings is 1. The third-order valence-electron chi connectivity index (χ3n) is 6.75. The van der Waals surface area contributed by atoms with Crippen molar-refractivity contribution in [2.75, 3.05) is 38.8 Å². The van der Waals surface area contributed by atoms with E-state index in [9.17, 15) is 9.59 Å². The van der Waals surface area contributed by atoms with Crippen molar-refractivity contribution in [2.24, 2.45) is 5.92 Å². The summed E-state index contributed by atoms with van der Waals surface area (Å²) in [7, 11) is 3.05. The smallest absolute Gasteiger partial charge is 0.228 e. The molecule has 3 aromatic rings. The van der Waals surface area contributed by atoms with Gasteiger partial charge in [0.05, 0.1) is 41.9 Å². The van der Waals surface area contributed by atoms with Crippen LogP contribution >= 0.6 is 11.6 Å². The van der Waals surface area contributed by atoms with E-state index in [1.165, 1.54) is 14.2 Å². The highest BCUT2D eigenvalue weighted by molar-refractivity contribution is 6.32. The molecule has 3 heterocycles. The zero-order valence-electron chi connectivity index (χ0n) is 19.2. The first-order valence-corrected chi connectivity index (χ1v) is 11.8. The number of ether oxygens (including phenoxy) is 2. The Kier molecular flexibility index (Phi) is 6.08. The Morgan fingerprint density at radius 1 is 1.15 bits per heavy atom. The summed E-state index contributed by atoms with van der Waals surface area (Å²) in [4.78, 5) is 38.0. The van der Waals surface area contributed by atoms with Gasteiger partial charge in [0.15, 0.2) is 0 Å². The number of imidazole rings is 1. The minimum absolute atomic E-state index is 0.00948. The number of methoxy groups -OCH3 is 2. The number of anilines is 1. The predicted octanol–water partition coefficient (Wildman–Crippen LogP) is 3.99. The molecule has 1 aromatic heterocycles. The number of likely N-dealkylation sites (tertiary alicyclic amines) is 1. The highest BCUT2D eigenvalue weighted by Crippen LogP contribution is 2.40.